The zero-order valence-electron chi connectivity index (χ0n) is 26.1. The Bertz CT molecular complexity index is 1440. The SMILES string of the molecule is CC(C)[Si](C(C)C)(C(C)C)n1ccc2c(C(=O)C3CC[C@@H](N(Cc4ccccc4)Cc4ccccc4)C3)c(Cl)cnc21. The summed E-state index contributed by atoms with van der Waals surface area (Å²) in [5, 5.41) is 1.39. The molecule has 0 saturated heterocycles. The molecule has 2 atom stereocenters. The number of benzene rings is 2. The van der Waals surface area contributed by atoms with Crippen LogP contribution < -0.4 is 0 Å². The Morgan fingerprint density at radius 2 is 1.43 bits per heavy atom. The number of ketones is 1. The molecular formula is C36H46ClN3OSi. The number of carbonyl (C=O) groups is 1. The van der Waals surface area contributed by atoms with Crippen LogP contribution in [0.15, 0.2) is 79.1 Å². The molecule has 0 radical (unpaired) electrons. The number of aromatic nitrogens is 2. The summed E-state index contributed by atoms with van der Waals surface area (Å²) >= 11 is 6.81. The third kappa shape index (κ3) is 5.76. The number of nitrogens with zero attached hydrogens (tertiary/aromatic N) is 3. The number of rotatable bonds is 11. The van der Waals surface area contributed by atoms with Gasteiger partial charge in [-0.05, 0) is 59.3 Å². The second kappa shape index (κ2) is 12.9. The predicted molar refractivity (Wildman–Crippen MR) is 179 cm³/mol. The molecule has 5 rings (SSSR count). The number of carbonyl (C=O) groups excluding carboxylic acids is 1. The van der Waals surface area contributed by atoms with Crippen LogP contribution in [-0.4, -0.2) is 34.2 Å². The van der Waals surface area contributed by atoms with Crippen molar-refractivity contribution in [2.75, 3.05) is 0 Å². The fourth-order valence-electron chi connectivity index (χ4n) is 8.14. The van der Waals surface area contributed by atoms with E-state index in [1.807, 2.05) is 0 Å². The maximum absolute atomic E-state index is 14.3. The van der Waals surface area contributed by atoms with Crippen molar-refractivity contribution in [1.82, 2.24) is 14.1 Å². The monoisotopic (exact) mass is 599 g/mol. The van der Waals surface area contributed by atoms with Crippen LogP contribution in [0.1, 0.15) is 82.3 Å². The van der Waals surface area contributed by atoms with Crippen LogP contribution in [0.3, 0.4) is 0 Å². The van der Waals surface area contributed by atoms with E-state index >= 15 is 0 Å². The molecular weight excluding hydrogens is 554 g/mol. The van der Waals surface area contributed by atoms with Crippen molar-refractivity contribution in [1.29, 1.82) is 0 Å². The van der Waals surface area contributed by atoms with E-state index in [2.05, 4.69) is 124 Å². The van der Waals surface area contributed by atoms with Gasteiger partial charge in [0.25, 0.3) is 0 Å². The van der Waals surface area contributed by atoms with Crippen molar-refractivity contribution in [2.24, 2.45) is 5.92 Å². The average Bonchev–Trinajstić information content (AvgIpc) is 3.62. The molecule has 1 unspecified atom stereocenters. The fraction of sp³-hybridized carbons (Fsp3) is 0.444. The predicted octanol–water partition coefficient (Wildman–Crippen LogP) is 9.77. The molecule has 0 N–H and O–H groups in total. The van der Waals surface area contributed by atoms with E-state index in [9.17, 15) is 4.79 Å². The lowest BCUT2D eigenvalue weighted by Gasteiger charge is -2.44. The molecule has 2 aromatic heterocycles. The van der Waals surface area contributed by atoms with Gasteiger partial charge < -0.3 is 4.23 Å². The topological polar surface area (TPSA) is 38.1 Å². The average molecular weight is 600 g/mol. The van der Waals surface area contributed by atoms with Crippen LogP contribution in [0.4, 0.5) is 0 Å². The van der Waals surface area contributed by atoms with E-state index < -0.39 is 8.24 Å². The van der Waals surface area contributed by atoms with Crippen molar-refractivity contribution >= 4 is 36.7 Å². The van der Waals surface area contributed by atoms with Crippen LogP contribution in [0.5, 0.6) is 0 Å². The number of halogens is 1. The van der Waals surface area contributed by atoms with Crippen LogP contribution in [0.2, 0.25) is 21.6 Å². The highest BCUT2D eigenvalue weighted by atomic mass is 35.5. The Hall–Kier alpha value is -2.73. The van der Waals surface area contributed by atoms with Crippen LogP contribution in [0, 0.1) is 5.92 Å². The van der Waals surface area contributed by atoms with E-state index in [0.717, 1.165) is 43.4 Å². The highest BCUT2D eigenvalue weighted by Gasteiger charge is 2.46. The smallest absolute Gasteiger partial charge is 0.171 e. The molecule has 2 heterocycles. The molecule has 4 nitrogen and oxygen atoms in total. The van der Waals surface area contributed by atoms with Gasteiger partial charge in [-0.2, -0.15) is 0 Å². The summed E-state index contributed by atoms with van der Waals surface area (Å²) in [6, 6.07) is 23.8. The normalized spacial score (nSPS) is 17.8. The van der Waals surface area contributed by atoms with E-state index in [0.29, 0.717) is 33.3 Å². The summed E-state index contributed by atoms with van der Waals surface area (Å²) in [5.41, 5.74) is 5.78. The highest BCUT2D eigenvalue weighted by molar-refractivity contribution is 6.82. The van der Waals surface area contributed by atoms with Gasteiger partial charge in [0.05, 0.1) is 5.02 Å². The molecule has 0 amide bonds. The number of pyridine rings is 1. The fourth-order valence-corrected chi connectivity index (χ4v) is 14.9. The summed E-state index contributed by atoms with van der Waals surface area (Å²) in [6.45, 7) is 15.9. The largest absolute Gasteiger partial charge is 0.359 e. The summed E-state index contributed by atoms with van der Waals surface area (Å²) in [4.78, 5) is 21.7. The summed E-state index contributed by atoms with van der Waals surface area (Å²) in [5.74, 6) is 0.135. The summed E-state index contributed by atoms with van der Waals surface area (Å²) in [7, 11) is -2.03. The molecule has 4 aromatic rings. The minimum Gasteiger partial charge on any atom is -0.359 e. The van der Waals surface area contributed by atoms with Gasteiger partial charge in [-0.15, -0.1) is 0 Å². The van der Waals surface area contributed by atoms with E-state index in [4.69, 9.17) is 16.6 Å². The molecule has 1 saturated carbocycles. The number of hydrogen-bond donors (Lipinski definition) is 0. The van der Waals surface area contributed by atoms with Gasteiger partial charge in [-0.1, -0.05) is 114 Å². The van der Waals surface area contributed by atoms with Crippen molar-refractivity contribution in [3.63, 3.8) is 0 Å². The molecule has 0 bridgehead atoms. The van der Waals surface area contributed by atoms with Gasteiger partial charge in [0.1, 0.15) is 5.65 Å². The molecule has 0 spiro atoms. The summed E-state index contributed by atoms with van der Waals surface area (Å²) in [6.07, 6.45) is 6.66. The molecule has 1 aliphatic carbocycles. The molecule has 1 fully saturated rings. The first kappa shape index (κ1) is 30.7. The van der Waals surface area contributed by atoms with E-state index in [-0.39, 0.29) is 11.7 Å². The van der Waals surface area contributed by atoms with Crippen LogP contribution in [-0.2, 0) is 13.1 Å². The van der Waals surface area contributed by atoms with Gasteiger partial charge in [-0.25, -0.2) is 4.98 Å². The third-order valence-corrected chi connectivity index (χ3v) is 16.9. The van der Waals surface area contributed by atoms with Crippen LogP contribution in [0.25, 0.3) is 11.0 Å². The molecule has 1 aliphatic rings. The van der Waals surface area contributed by atoms with Gasteiger partial charge in [-0.3, -0.25) is 9.69 Å². The lowest BCUT2D eigenvalue weighted by atomic mass is 9.94. The molecule has 0 aliphatic heterocycles. The number of Topliss-reactive ketones (excluding diaryl/α,β-unsaturated/α-hetero) is 1. The van der Waals surface area contributed by atoms with Gasteiger partial charge in [0.2, 0.25) is 0 Å². The van der Waals surface area contributed by atoms with E-state index in [1.54, 1.807) is 6.20 Å². The zero-order valence-corrected chi connectivity index (χ0v) is 27.8. The molecule has 42 heavy (non-hydrogen) atoms. The van der Waals surface area contributed by atoms with Crippen molar-refractivity contribution in [3.05, 3.63) is 101 Å². The van der Waals surface area contributed by atoms with Gasteiger partial charge in [0.15, 0.2) is 14.0 Å². The zero-order chi connectivity index (χ0) is 30.0. The standard InChI is InChI=1S/C36H46ClN3OSi/c1-25(2)42(26(3)4,27(5)6)40-20-19-32-34(33(37)22-38-36(32)40)35(41)30-17-18-31(21-30)39(23-28-13-9-7-10-14-28)24-29-15-11-8-12-16-29/h7-16,19-20,22,25-27,30-31H,17-18,21,23-24H2,1-6H3/t30?,31-/m1/s1. The third-order valence-electron chi connectivity index (χ3n) is 9.86. The molecule has 6 heteroatoms. The van der Waals surface area contributed by atoms with Crippen molar-refractivity contribution in [2.45, 2.75) is 96.6 Å². The van der Waals surface area contributed by atoms with Crippen LogP contribution >= 0.6 is 11.6 Å². The lowest BCUT2D eigenvalue weighted by Crippen LogP contribution is -2.51. The van der Waals surface area contributed by atoms with Gasteiger partial charge in [0, 0.05) is 42.2 Å². The Morgan fingerprint density at radius 3 is 1.95 bits per heavy atom. The Kier molecular flexibility index (Phi) is 9.41. The number of hydrogen-bond acceptors (Lipinski definition) is 3. The minimum absolute atomic E-state index is 0.0437. The first-order valence-corrected chi connectivity index (χ1v) is 18.2. The van der Waals surface area contributed by atoms with Crippen molar-refractivity contribution < 1.29 is 4.79 Å². The minimum atomic E-state index is -2.03. The van der Waals surface area contributed by atoms with E-state index in [1.165, 1.54) is 11.1 Å². The Balaban J connectivity index is 1.45. The highest BCUT2D eigenvalue weighted by Crippen LogP contribution is 2.45. The molecule has 222 valence electrons. The second-order valence-corrected chi connectivity index (χ2v) is 19.3. The Morgan fingerprint density at radius 1 is 0.881 bits per heavy atom. The lowest BCUT2D eigenvalue weighted by molar-refractivity contribution is 0.0913. The maximum atomic E-state index is 14.3. The maximum Gasteiger partial charge on any atom is 0.171 e. The quantitative estimate of drug-likeness (QED) is 0.127. The Labute approximate surface area is 258 Å². The van der Waals surface area contributed by atoms with Gasteiger partial charge >= 0.3 is 0 Å². The molecule has 2 aromatic carbocycles. The first-order valence-electron chi connectivity index (χ1n) is 15.7. The number of fused-ring (bicyclic) bond motifs is 1. The second-order valence-electron chi connectivity index (χ2n) is 13.2. The first-order chi connectivity index (χ1) is 20.1. The van der Waals surface area contributed by atoms with Crippen molar-refractivity contribution in [3.8, 4) is 0 Å². The summed E-state index contributed by atoms with van der Waals surface area (Å²) < 4.78 is 2.48.